The van der Waals surface area contributed by atoms with Gasteiger partial charge in [-0.25, -0.2) is 0 Å². The Hall–Kier alpha value is -0.0800. The number of aliphatic hydroxyl groups excluding tert-OH is 1. The lowest BCUT2D eigenvalue weighted by Crippen LogP contribution is -2.46. The van der Waals surface area contributed by atoms with Gasteiger partial charge in [0.05, 0.1) is 6.10 Å². The molecule has 2 heteroatoms. The van der Waals surface area contributed by atoms with Crippen molar-refractivity contribution in [3.8, 4) is 0 Å². The van der Waals surface area contributed by atoms with Crippen LogP contribution in [-0.2, 0) is 0 Å². The van der Waals surface area contributed by atoms with Gasteiger partial charge < -0.3 is 5.11 Å². The van der Waals surface area contributed by atoms with Crippen molar-refractivity contribution in [2.24, 2.45) is 11.8 Å². The Kier molecular flexibility index (Phi) is 3.95. The summed E-state index contributed by atoms with van der Waals surface area (Å²) in [6.45, 7) is 3.72. The maximum Gasteiger partial charge on any atom is 0.0583 e. The molecule has 3 aliphatic rings. The van der Waals surface area contributed by atoms with Crippen LogP contribution in [0.1, 0.15) is 64.7 Å². The van der Waals surface area contributed by atoms with Gasteiger partial charge in [-0.2, -0.15) is 0 Å². The first-order chi connectivity index (χ1) is 8.75. The lowest BCUT2D eigenvalue weighted by molar-refractivity contribution is 0.0411. The van der Waals surface area contributed by atoms with Gasteiger partial charge >= 0.3 is 0 Å². The van der Waals surface area contributed by atoms with Gasteiger partial charge in [0.25, 0.3) is 0 Å². The first kappa shape index (κ1) is 12.9. The fourth-order valence-corrected chi connectivity index (χ4v) is 4.85. The van der Waals surface area contributed by atoms with Gasteiger partial charge in [0, 0.05) is 18.0 Å². The Labute approximate surface area is 112 Å². The van der Waals surface area contributed by atoms with Crippen LogP contribution >= 0.6 is 0 Å². The molecule has 1 saturated heterocycles. The Bertz CT molecular complexity index is 280. The van der Waals surface area contributed by atoms with Crippen LogP contribution < -0.4 is 0 Å². The van der Waals surface area contributed by atoms with Gasteiger partial charge in [-0.05, 0) is 51.0 Å². The van der Waals surface area contributed by atoms with E-state index in [1.54, 1.807) is 0 Å². The Morgan fingerprint density at radius 1 is 0.944 bits per heavy atom. The number of hydrogen-bond donors (Lipinski definition) is 1. The fourth-order valence-electron chi connectivity index (χ4n) is 4.85. The molecule has 0 aromatic rings. The number of rotatable bonds is 2. The van der Waals surface area contributed by atoms with Gasteiger partial charge in [-0.1, -0.05) is 26.2 Å². The molecule has 3 rings (SSSR count). The summed E-state index contributed by atoms with van der Waals surface area (Å²) < 4.78 is 0. The molecule has 5 atom stereocenters. The first-order valence-electron chi connectivity index (χ1n) is 8.19. The largest absolute Gasteiger partial charge is 0.393 e. The van der Waals surface area contributed by atoms with Crippen LogP contribution in [0, 0.1) is 11.8 Å². The highest BCUT2D eigenvalue weighted by molar-refractivity contribution is 4.95. The second-order valence-corrected chi connectivity index (χ2v) is 7.04. The van der Waals surface area contributed by atoms with Gasteiger partial charge in [-0.3, -0.25) is 4.90 Å². The quantitative estimate of drug-likeness (QED) is 0.814. The van der Waals surface area contributed by atoms with Crippen molar-refractivity contribution in [1.29, 1.82) is 0 Å². The third-order valence-electron chi connectivity index (χ3n) is 5.75. The maximum absolute atomic E-state index is 10.2. The second-order valence-electron chi connectivity index (χ2n) is 7.04. The zero-order chi connectivity index (χ0) is 12.5. The van der Waals surface area contributed by atoms with Crippen LogP contribution in [0.5, 0.6) is 0 Å². The highest BCUT2D eigenvalue weighted by Gasteiger charge is 2.41. The molecule has 2 saturated carbocycles. The van der Waals surface area contributed by atoms with Crippen LogP contribution in [0.25, 0.3) is 0 Å². The van der Waals surface area contributed by atoms with Crippen molar-refractivity contribution in [3.63, 3.8) is 0 Å². The molecule has 18 heavy (non-hydrogen) atoms. The second kappa shape index (κ2) is 5.50. The minimum atomic E-state index is -0.00314. The summed E-state index contributed by atoms with van der Waals surface area (Å²) in [5, 5.41) is 10.2. The van der Waals surface area contributed by atoms with Crippen LogP contribution in [0.15, 0.2) is 0 Å². The van der Waals surface area contributed by atoms with E-state index in [9.17, 15) is 5.11 Å². The molecule has 2 nitrogen and oxygen atoms in total. The molecule has 1 heterocycles. The lowest BCUT2D eigenvalue weighted by atomic mass is 9.84. The predicted molar refractivity (Wildman–Crippen MR) is 74.5 cm³/mol. The maximum atomic E-state index is 10.2. The third kappa shape index (κ3) is 2.46. The van der Waals surface area contributed by atoms with Gasteiger partial charge in [0.2, 0.25) is 0 Å². The Morgan fingerprint density at radius 3 is 2.50 bits per heavy atom. The van der Waals surface area contributed by atoms with E-state index in [1.807, 2.05) is 0 Å². The van der Waals surface area contributed by atoms with E-state index in [-0.39, 0.29) is 6.10 Å². The van der Waals surface area contributed by atoms with Crippen molar-refractivity contribution < 1.29 is 5.11 Å². The van der Waals surface area contributed by atoms with Crippen molar-refractivity contribution in [3.05, 3.63) is 0 Å². The summed E-state index contributed by atoms with van der Waals surface area (Å²) in [5.74, 6) is 1.50. The molecule has 5 unspecified atom stereocenters. The molecule has 1 N–H and O–H groups in total. The van der Waals surface area contributed by atoms with Gasteiger partial charge in [0.1, 0.15) is 0 Å². The molecule has 104 valence electrons. The summed E-state index contributed by atoms with van der Waals surface area (Å²) >= 11 is 0. The van der Waals surface area contributed by atoms with Gasteiger partial charge in [0.15, 0.2) is 0 Å². The fraction of sp³-hybridized carbons (Fsp3) is 1.00. The molecule has 0 spiro atoms. The van der Waals surface area contributed by atoms with E-state index in [0.717, 1.165) is 18.4 Å². The summed E-state index contributed by atoms with van der Waals surface area (Å²) in [6, 6.07) is 1.53. The minimum absolute atomic E-state index is 0.00314. The first-order valence-corrected chi connectivity index (χ1v) is 8.19. The molecule has 0 radical (unpaired) electrons. The van der Waals surface area contributed by atoms with Crippen molar-refractivity contribution >= 4 is 0 Å². The Morgan fingerprint density at radius 2 is 1.78 bits per heavy atom. The number of nitrogens with zero attached hydrogens (tertiary/aromatic N) is 1. The number of likely N-dealkylation sites (tertiary alicyclic amines) is 1. The van der Waals surface area contributed by atoms with E-state index in [2.05, 4.69) is 11.8 Å². The van der Waals surface area contributed by atoms with Crippen molar-refractivity contribution in [2.75, 3.05) is 6.54 Å². The molecule has 0 amide bonds. The van der Waals surface area contributed by atoms with E-state index in [0.29, 0.717) is 12.0 Å². The van der Waals surface area contributed by atoms with Crippen molar-refractivity contribution in [1.82, 2.24) is 4.90 Å². The van der Waals surface area contributed by atoms with E-state index in [1.165, 1.54) is 57.9 Å². The molecular formula is C16H29NO. The molecule has 3 fully saturated rings. The van der Waals surface area contributed by atoms with Crippen LogP contribution in [-0.4, -0.2) is 34.7 Å². The highest BCUT2D eigenvalue weighted by Crippen LogP contribution is 2.39. The molecule has 0 aromatic heterocycles. The summed E-state index contributed by atoms with van der Waals surface area (Å²) in [6.07, 6.45) is 11.9. The van der Waals surface area contributed by atoms with E-state index < -0.39 is 0 Å². The normalized spacial score (nSPS) is 46.7. The topological polar surface area (TPSA) is 23.5 Å². The summed E-state index contributed by atoms with van der Waals surface area (Å²) in [5.41, 5.74) is 0. The average Bonchev–Trinajstić information content (AvgIpc) is 2.96. The Balaban J connectivity index is 1.66. The van der Waals surface area contributed by atoms with E-state index in [4.69, 9.17) is 0 Å². The lowest BCUT2D eigenvalue weighted by Gasteiger charge is -2.40. The smallest absolute Gasteiger partial charge is 0.0583 e. The van der Waals surface area contributed by atoms with Crippen LogP contribution in [0.2, 0.25) is 0 Å². The van der Waals surface area contributed by atoms with E-state index >= 15 is 0 Å². The minimum Gasteiger partial charge on any atom is -0.393 e. The monoisotopic (exact) mass is 251 g/mol. The zero-order valence-corrected chi connectivity index (χ0v) is 11.9. The third-order valence-corrected chi connectivity index (χ3v) is 5.75. The number of hydrogen-bond acceptors (Lipinski definition) is 2. The molecule has 0 bridgehead atoms. The highest BCUT2D eigenvalue weighted by atomic mass is 16.3. The average molecular weight is 251 g/mol. The van der Waals surface area contributed by atoms with Gasteiger partial charge in [-0.15, -0.1) is 0 Å². The molecule has 0 aromatic carbocycles. The molecule has 2 aliphatic carbocycles. The summed E-state index contributed by atoms with van der Waals surface area (Å²) in [7, 11) is 0. The zero-order valence-electron chi connectivity index (χ0n) is 11.9. The number of aliphatic hydroxyl groups is 1. The van der Waals surface area contributed by atoms with Crippen molar-refractivity contribution in [2.45, 2.75) is 82.9 Å². The SMILES string of the molecule is CC1CCCC(N2CCCC2C2CCCC2O)C1. The summed E-state index contributed by atoms with van der Waals surface area (Å²) in [4.78, 5) is 2.80. The molecule has 1 aliphatic heterocycles. The van der Waals surface area contributed by atoms with Crippen LogP contribution in [0.4, 0.5) is 0 Å². The van der Waals surface area contributed by atoms with Crippen LogP contribution in [0.3, 0.4) is 0 Å². The molecular weight excluding hydrogens is 222 g/mol. The predicted octanol–water partition coefficient (Wildman–Crippen LogP) is 3.19. The standard InChI is InChI=1S/C16H29NO/c1-12-5-2-6-13(11-12)17-10-4-8-15(17)14-7-3-9-16(14)18/h12-16,18H,2-11H2,1H3.